The number of nitrogens with one attached hydrogen (secondary N) is 1. The van der Waals surface area contributed by atoms with Gasteiger partial charge in [-0.05, 0) is 40.5 Å². The van der Waals surface area contributed by atoms with E-state index in [4.69, 9.17) is 9.15 Å². The quantitative estimate of drug-likeness (QED) is 0.487. The van der Waals surface area contributed by atoms with Gasteiger partial charge in [-0.2, -0.15) is 0 Å². The van der Waals surface area contributed by atoms with Crippen LogP contribution in [0.2, 0.25) is 0 Å². The molecule has 148 valence electrons. The molecule has 0 aliphatic heterocycles. The van der Waals surface area contributed by atoms with Crippen molar-refractivity contribution < 1.29 is 13.9 Å². The van der Waals surface area contributed by atoms with Crippen LogP contribution < -0.4 is 5.32 Å². The third-order valence-corrected chi connectivity index (χ3v) is 5.24. The number of furan rings is 1. The summed E-state index contributed by atoms with van der Waals surface area (Å²) in [5, 5.41) is 12.1. The standard InChI is InChI=1S/C19H21BrN4O3S/c1-13(11-26-2)21-17(25)12-28-19-23-22-18(15-8-9-16(20)27-15)24(19)10-14-6-4-3-5-7-14/h3-9,13H,10-12H2,1-2H3,(H,21,25). The van der Waals surface area contributed by atoms with E-state index >= 15 is 0 Å². The molecule has 1 amide bonds. The Labute approximate surface area is 176 Å². The lowest BCUT2D eigenvalue weighted by Crippen LogP contribution is -2.36. The maximum absolute atomic E-state index is 12.2. The van der Waals surface area contributed by atoms with E-state index in [2.05, 4.69) is 31.4 Å². The number of rotatable bonds is 9. The molecule has 0 spiro atoms. The lowest BCUT2D eigenvalue weighted by atomic mass is 10.2. The number of aromatic nitrogens is 3. The van der Waals surface area contributed by atoms with Crippen LogP contribution in [-0.2, 0) is 16.1 Å². The van der Waals surface area contributed by atoms with Gasteiger partial charge in [-0.1, -0.05) is 42.1 Å². The number of halogens is 1. The molecule has 1 aromatic carbocycles. The SMILES string of the molecule is COCC(C)NC(=O)CSc1nnc(-c2ccc(Br)o2)n1Cc1ccccc1. The number of methoxy groups -OCH3 is 1. The average molecular weight is 465 g/mol. The lowest BCUT2D eigenvalue weighted by molar-refractivity contribution is -0.119. The monoisotopic (exact) mass is 464 g/mol. The van der Waals surface area contributed by atoms with E-state index in [0.29, 0.717) is 34.6 Å². The van der Waals surface area contributed by atoms with Crippen molar-refractivity contribution in [3.8, 4) is 11.6 Å². The number of ether oxygens (including phenoxy) is 1. The largest absolute Gasteiger partial charge is 0.446 e. The predicted molar refractivity (Wildman–Crippen MR) is 111 cm³/mol. The van der Waals surface area contributed by atoms with Crippen LogP contribution in [0.25, 0.3) is 11.6 Å². The van der Waals surface area contributed by atoms with Gasteiger partial charge in [0.25, 0.3) is 0 Å². The number of nitrogens with zero attached hydrogens (tertiary/aromatic N) is 3. The van der Waals surface area contributed by atoms with E-state index < -0.39 is 0 Å². The van der Waals surface area contributed by atoms with Crippen molar-refractivity contribution in [3.63, 3.8) is 0 Å². The van der Waals surface area contributed by atoms with E-state index in [1.54, 1.807) is 7.11 Å². The molecule has 0 saturated carbocycles. The fourth-order valence-electron chi connectivity index (χ4n) is 2.66. The number of carbonyl (C=O) groups is 1. The molecule has 7 nitrogen and oxygen atoms in total. The third kappa shape index (κ3) is 5.46. The van der Waals surface area contributed by atoms with Crippen LogP contribution >= 0.6 is 27.7 Å². The number of hydrogen-bond acceptors (Lipinski definition) is 6. The first-order chi connectivity index (χ1) is 13.6. The van der Waals surface area contributed by atoms with Crippen molar-refractivity contribution in [2.45, 2.75) is 24.7 Å². The number of thioether (sulfide) groups is 1. The van der Waals surface area contributed by atoms with Crippen molar-refractivity contribution >= 4 is 33.6 Å². The van der Waals surface area contributed by atoms with E-state index in [9.17, 15) is 4.79 Å². The molecule has 1 unspecified atom stereocenters. The molecule has 0 aliphatic rings. The van der Waals surface area contributed by atoms with Gasteiger partial charge in [0.1, 0.15) is 0 Å². The molecule has 1 N–H and O–H groups in total. The smallest absolute Gasteiger partial charge is 0.230 e. The highest BCUT2D eigenvalue weighted by Gasteiger charge is 2.19. The summed E-state index contributed by atoms with van der Waals surface area (Å²) in [5.41, 5.74) is 1.11. The van der Waals surface area contributed by atoms with Gasteiger partial charge in [-0.3, -0.25) is 9.36 Å². The fraction of sp³-hybridized carbons (Fsp3) is 0.316. The topological polar surface area (TPSA) is 82.2 Å². The Bertz CT molecular complexity index is 913. The molecule has 0 aliphatic carbocycles. The summed E-state index contributed by atoms with van der Waals surface area (Å²) in [7, 11) is 1.61. The molecular weight excluding hydrogens is 444 g/mol. The number of hydrogen-bond donors (Lipinski definition) is 1. The molecule has 3 aromatic rings. The minimum Gasteiger partial charge on any atom is -0.446 e. The van der Waals surface area contributed by atoms with Crippen LogP contribution in [0.1, 0.15) is 12.5 Å². The highest BCUT2D eigenvalue weighted by molar-refractivity contribution is 9.10. The average Bonchev–Trinajstić information content (AvgIpc) is 3.27. The summed E-state index contributed by atoms with van der Waals surface area (Å²) in [4.78, 5) is 12.2. The fourth-order valence-corrected chi connectivity index (χ4v) is 3.71. The molecule has 3 rings (SSSR count). The Kier molecular flexibility index (Phi) is 7.30. The normalized spacial score (nSPS) is 12.1. The zero-order chi connectivity index (χ0) is 19.9. The molecule has 9 heteroatoms. The van der Waals surface area contributed by atoms with Gasteiger partial charge >= 0.3 is 0 Å². The van der Waals surface area contributed by atoms with Gasteiger partial charge in [-0.25, -0.2) is 0 Å². The van der Waals surface area contributed by atoms with Crippen molar-refractivity contribution in [2.24, 2.45) is 0 Å². The van der Waals surface area contributed by atoms with Crippen LogP contribution in [0, 0.1) is 0 Å². The zero-order valence-corrected chi connectivity index (χ0v) is 18.0. The molecule has 0 fully saturated rings. The molecule has 0 saturated heterocycles. The van der Waals surface area contributed by atoms with Gasteiger partial charge in [0.15, 0.2) is 15.6 Å². The Balaban J connectivity index is 1.78. The Morgan fingerprint density at radius 1 is 1.29 bits per heavy atom. The first kappa shape index (κ1) is 20.6. The summed E-state index contributed by atoms with van der Waals surface area (Å²) >= 11 is 4.66. The van der Waals surface area contributed by atoms with Crippen molar-refractivity contribution in [1.82, 2.24) is 20.1 Å². The third-order valence-electron chi connectivity index (χ3n) is 3.85. The molecule has 2 aromatic heterocycles. The van der Waals surface area contributed by atoms with Gasteiger partial charge in [0, 0.05) is 13.2 Å². The Hall–Kier alpha value is -2.10. The van der Waals surface area contributed by atoms with Crippen molar-refractivity contribution in [1.29, 1.82) is 0 Å². The highest BCUT2D eigenvalue weighted by Crippen LogP contribution is 2.28. The highest BCUT2D eigenvalue weighted by atomic mass is 79.9. The Morgan fingerprint density at radius 2 is 2.07 bits per heavy atom. The van der Waals surface area contributed by atoms with Crippen molar-refractivity contribution in [3.05, 3.63) is 52.7 Å². The van der Waals surface area contributed by atoms with Crippen LogP contribution in [0.3, 0.4) is 0 Å². The van der Waals surface area contributed by atoms with E-state index in [1.165, 1.54) is 11.8 Å². The van der Waals surface area contributed by atoms with E-state index in [1.807, 2.05) is 54.0 Å². The molecule has 1 atom stereocenters. The Morgan fingerprint density at radius 3 is 2.75 bits per heavy atom. The molecule has 2 heterocycles. The minimum atomic E-state index is -0.0777. The maximum atomic E-state index is 12.2. The van der Waals surface area contributed by atoms with Gasteiger partial charge in [0.05, 0.1) is 18.9 Å². The number of carbonyl (C=O) groups excluding carboxylic acids is 1. The van der Waals surface area contributed by atoms with Crippen LogP contribution in [0.5, 0.6) is 0 Å². The molecule has 28 heavy (non-hydrogen) atoms. The lowest BCUT2D eigenvalue weighted by Gasteiger charge is -2.13. The predicted octanol–water partition coefficient (Wildman–Crippen LogP) is 3.59. The van der Waals surface area contributed by atoms with Crippen molar-refractivity contribution in [2.75, 3.05) is 19.5 Å². The van der Waals surface area contributed by atoms with Crippen LogP contribution in [-0.4, -0.2) is 46.2 Å². The second-order valence-corrected chi connectivity index (χ2v) is 7.92. The van der Waals surface area contributed by atoms with E-state index in [-0.39, 0.29) is 17.7 Å². The number of benzene rings is 1. The molecule has 0 radical (unpaired) electrons. The summed E-state index contributed by atoms with van der Waals surface area (Å²) in [6.45, 7) is 2.94. The molecular formula is C19H21BrN4O3S. The van der Waals surface area contributed by atoms with Gasteiger partial charge in [0.2, 0.25) is 11.7 Å². The first-order valence-electron chi connectivity index (χ1n) is 8.70. The maximum Gasteiger partial charge on any atom is 0.230 e. The summed E-state index contributed by atoms with van der Waals surface area (Å²) in [5.74, 6) is 1.39. The summed E-state index contributed by atoms with van der Waals surface area (Å²) in [6.07, 6.45) is 0. The molecule has 0 bridgehead atoms. The zero-order valence-electron chi connectivity index (χ0n) is 15.6. The van der Waals surface area contributed by atoms with Gasteiger partial charge in [-0.15, -0.1) is 10.2 Å². The minimum absolute atomic E-state index is 0.0451. The van der Waals surface area contributed by atoms with Gasteiger partial charge < -0.3 is 14.5 Å². The second kappa shape index (κ2) is 9.90. The summed E-state index contributed by atoms with van der Waals surface area (Å²) in [6, 6.07) is 13.6. The summed E-state index contributed by atoms with van der Waals surface area (Å²) < 4.78 is 13.3. The number of amides is 1. The second-order valence-electron chi connectivity index (χ2n) is 6.19. The van der Waals surface area contributed by atoms with E-state index in [0.717, 1.165) is 5.56 Å². The first-order valence-corrected chi connectivity index (χ1v) is 10.5. The van der Waals surface area contributed by atoms with Crippen LogP contribution in [0.4, 0.5) is 0 Å². The van der Waals surface area contributed by atoms with Crippen LogP contribution in [0.15, 0.2) is 56.7 Å².